The molecule has 2 N–H and O–H groups in total. The van der Waals surface area contributed by atoms with Crippen LogP contribution in [0, 0.1) is 5.92 Å². The maximum Gasteiger partial charge on any atom is 0.253 e. The Balaban J connectivity index is 1.54. The molecule has 1 heterocycles. The first-order chi connectivity index (χ1) is 12.0. The number of anilines is 1. The highest BCUT2D eigenvalue weighted by Gasteiger charge is 2.27. The molecule has 1 saturated heterocycles. The molecule has 1 fully saturated rings. The first-order valence-electron chi connectivity index (χ1n) is 8.17. The molecule has 6 heteroatoms. The van der Waals surface area contributed by atoms with E-state index in [-0.39, 0.29) is 23.5 Å². The maximum absolute atomic E-state index is 12.4. The Labute approximate surface area is 151 Å². The number of piperidine rings is 1. The predicted octanol–water partition coefficient (Wildman–Crippen LogP) is 3.54. The highest BCUT2D eigenvalue weighted by Crippen LogP contribution is 2.22. The van der Waals surface area contributed by atoms with Crippen LogP contribution < -0.4 is 5.32 Å². The summed E-state index contributed by atoms with van der Waals surface area (Å²) in [5.41, 5.74) is 1.26. The van der Waals surface area contributed by atoms with Crippen molar-refractivity contribution in [1.82, 2.24) is 4.90 Å². The number of carbonyl (C=O) groups excluding carboxylic acids is 2. The van der Waals surface area contributed by atoms with Gasteiger partial charge in [0.2, 0.25) is 5.91 Å². The van der Waals surface area contributed by atoms with E-state index in [1.165, 1.54) is 12.1 Å². The number of phenolic OH excluding ortho intramolecular Hbond substituents is 1. The summed E-state index contributed by atoms with van der Waals surface area (Å²) in [4.78, 5) is 26.6. The second kappa shape index (κ2) is 7.57. The van der Waals surface area contributed by atoms with Crippen molar-refractivity contribution in [2.24, 2.45) is 5.92 Å². The molecular formula is C19H19ClN2O3. The van der Waals surface area contributed by atoms with Crippen LogP contribution in [-0.2, 0) is 4.79 Å². The SMILES string of the molecule is O=C(Nc1ccc(Cl)cc1)C1CCN(C(=O)c2ccc(O)cc2)CC1. The minimum absolute atomic E-state index is 0.0287. The molecule has 0 spiro atoms. The van der Waals surface area contributed by atoms with Crippen molar-refractivity contribution in [2.45, 2.75) is 12.8 Å². The van der Waals surface area contributed by atoms with Crippen LogP contribution in [-0.4, -0.2) is 34.9 Å². The zero-order valence-electron chi connectivity index (χ0n) is 13.6. The quantitative estimate of drug-likeness (QED) is 0.881. The van der Waals surface area contributed by atoms with E-state index in [1.807, 2.05) is 0 Å². The molecule has 1 aliphatic rings. The lowest BCUT2D eigenvalue weighted by molar-refractivity contribution is -0.121. The average Bonchev–Trinajstić information content (AvgIpc) is 2.64. The van der Waals surface area contributed by atoms with E-state index in [1.54, 1.807) is 41.3 Å². The molecule has 0 aromatic heterocycles. The second-order valence-electron chi connectivity index (χ2n) is 6.11. The van der Waals surface area contributed by atoms with Crippen LogP contribution in [0.1, 0.15) is 23.2 Å². The molecule has 0 aliphatic carbocycles. The number of carbonyl (C=O) groups is 2. The highest BCUT2D eigenvalue weighted by atomic mass is 35.5. The average molecular weight is 359 g/mol. The van der Waals surface area contributed by atoms with Crippen LogP contribution in [0.15, 0.2) is 48.5 Å². The highest BCUT2D eigenvalue weighted by molar-refractivity contribution is 6.30. The Kier molecular flexibility index (Phi) is 5.24. The van der Waals surface area contributed by atoms with E-state index < -0.39 is 0 Å². The molecule has 0 bridgehead atoms. The Hall–Kier alpha value is -2.53. The monoisotopic (exact) mass is 358 g/mol. The number of halogens is 1. The van der Waals surface area contributed by atoms with Gasteiger partial charge in [0.25, 0.3) is 5.91 Å². The fourth-order valence-electron chi connectivity index (χ4n) is 2.91. The van der Waals surface area contributed by atoms with Crippen LogP contribution in [0.3, 0.4) is 0 Å². The summed E-state index contributed by atoms with van der Waals surface area (Å²) in [7, 11) is 0. The largest absolute Gasteiger partial charge is 0.508 e. The van der Waals surface area contributed by atoms with Gasteiger partial charge in [-0.2, -0.15) is 0 Å². The molecule has 3 rings (SSSR count). The van der Waals surface area contributed by atoms with Crippen molar-refractivity contribution in [2.75, 3.05) is 18.4 Å². The summed E-state index contributed by atoms with van der Waals surface area (Å²) in [6.07, 6.45) is 1.26. The molecule has 2 aromatic rings. The number of aromatic hydroxyl groups is 1. The van der Waals surface area contributed by atoms with Crippen molar-refractivity contribution in [3.63, 3.8) is 0 Å². The predicted molar refractivity (Wildman–Crippen MR) is 96.8 cm³/mol. The Morgan fingerprint density at radius 1 is 1.00 bits per heavy atom. The van der Waals surface area contributed by atoms with E-state index in [9.17, 15) is 14.7 Å². The van der Waals surface area contributed by atoms with E-state index >= 15 is 0 Å². The van der Waals surface area contributed by atoms with E-state index in [4.69, 9.17) is 11.6 Å². The third kappa shape index (κ3) is 4.31. The number of nitrogens with zero attached hydrogens (tertiary/aromatic N) is 1. The van der Waals surface area contributed by atoms with Crippen molar-refractivity contribution < 1.29 is 14.7 Å². The summed E-state index contributed by atoms with van der Waals surface area (Å²) in [6, 6.07) is 13.2. The van der Waals surface area contributed by atoms with E-state index in [0.29, 0.717) is 36.5 Å². The van der Waals surface area contributed by atoms with Crippen LogP contribution in [0.2, 0.25) is 5.02 Å². The summed E-state index contributed by atoms with van der Waals surface area (Å²) in [5.74, 6) is -0.0794. The Bertz CT molecular complexity index is 751. The number of phenols is 1. The Morgan fingerprint density at radius 3 is 2.20 bits per heavy atom. The van der Waals surface area contributed by atoms with Gasteiger partial charge in [-0.3, -0.25) is 9.59 Å². The van der Waals surface area contributed by atoms with Gasteiger partial charge in [0.1, 0.15) is 5.75 Å². The van der Waals surface area contributed by atoms with E-state index in [2.05, 4.69) is 5.32 Å². The number of rotatable bonds is 3. The van der Waals surface area contributed by atoms with E-state index in [0.717, 1.165) is 5.69 Å². The number of hydrogen-bond acceptors (Lipinski definition) is 3. The van der Waals surface area contributed by atoms with Gasteiger partial charge in [-0.1, -0.05) is 11.6 Å². The zero-order valence-corrected chi connectivity index (χ0v) is 14.4. The number of nitrogens with one attached hydrogen (secondary N) is 1. The molecule has 5 nitrogen and oxygen atoms in total. The second-order valence-corrected chi connectivity index (χ2v) is 6.55. The number of benzene rings is 2. The zero-order chi connectivity index (χ0) is 17.8. The summed E-state index contributed by atoms with van der Waals surface area (Å²) in [5, 5.41) is 12.8. The lowest BCUT2D eigenvalue weighted by Crippen LogP contribution is -2.41. The molecule has 2 amide bonds. The van der Waals surface area contributed by atoms with Gasteiger partial charge in [-0.25, -0.2) is 0 Å². The fraction of sp³-hybridized carbons (Fsp3) is 0.263. The third-order valence-electron chi connectivity index (χ3n) is 4.38. The molecule has 0 atom stereocenters. The van der Waals surface area contributed by atoms with Crippen molar-refractivity contribution >= 4 is 29.1 Å². The lowest BCUT2D eigenvalue weighted by Gasteiger charge is -2.31. The number of likely N-dealkylation sites (tertiary alicyclic amines) is 1. The molecule has 25 heavy (non-hydrogen) atoms. The third-order valence-corrected chi connectivity index (χ3v) is 4.63. The first kappa shape index (κ1) is 17.3. The van der Waals surface area contributed by atoms with Crippen LogP contribution in [0.5, 0.6) is 5.75 Å². The van der Waals surface area contributed by atoms with Gasteiger partial charge in [0.05, 0.1) is 0 Å². The Morgan fingerprint density at radius 2 is 1.60 bits per heavy atom. The summed E-state index contributed by atoms with van der Waals surface area (Å²) >= 11 is 5.84. The summed E-state index contributed by atoms with van der Waals surface area (Å²) in [6.45, 7) is 1.08. The first-order valence-corrected chi connectivity index (χ1v) is 8.55. The molecule has 0 unspecified atom stereocenters. The number of hydrogen-bond donors (Lipinski definition) is 2. The van der Waals surface area contributed by atoms with Gasteiger partial charge in [-0.15, -0.1) is 0 Å². The number of amides is 2. The molecule has 2 aromatic carbocycles. The lowest BCUT2D eigenvalue weighted by atomic mass is 9.95. The van der Waals surface area contributed by atoms with Gasteiger partial charge in [0.15, 0.2) is 0 Å². The van der Waals surface area contributed by atoms with Gasteiger partial charge in [-0.05, 0) is 61.4 Å². The van der Waals surface area contributed by atoms with Crippen molar-refractivity contribution in [3.05, 3.63) is 59.1 Å². The summed E-state index contributed by atoms with van der Waals surface area (Å²) < 4.78 is 0. The molecule has 0 saturated carbocycles. The standard InChI is InChI=1S/C19H19ClN2O3/c20-15-3-5-16(6-4-15)21-18(24)13-9-11-22(12-10-13)19(25)14-1-7-17(23)8-2-14/h1-8,13,23H,9-12H2,(H,21,24). The van der Waals surface area contributed by atoms with Crippen LogP contribution >= 0.6 is 11.6 Å². The minimum atomic E-state index is -0.112. The van der Waals surface area contributed by atoms with Crippen molar-refractivity contribution in [1.29, 1.82) is 0 Å². The minimum Gasteiger partial charge on any atom is -0.508 e. The van der Waals surface area contributed by atoms with Crippen LogP contribution in [0.25, 0.3) is 0 Å². The molecule has 1 aliphatic heterocycles. The van der Waals surface area contributed by atoms with Gasteiger partial charge >= 0.3 is 0 Å². The van der Waals surface area contributed by atoms with Crippen molar-refractivity contribution in [3.8, 4) is 5.75 Å². The van der Waals surface area contributed by atoms with Gasteiger partial charge in [0, 0.05) is 35.3 Å². The maximum atomic E-state index is 12.4. The van der Waals surface area contributed by atoms with Crippen LogP contribution in [0.4, 0.5) is 5.69 Å². The van der Waals surface area contributed by atoms with Gasteiger partial charge < -0.3 is 15.3 Å². The fourth-order valence-corrected chi connectivity index (χ4v) is 3.03. The normalized spacial score (nSPS) is 15.0. The molecule has 130 valence electrons. The molecular weight excluding hydrogens is 340 g/mol. The smallest absolute Gasteiger partial charge is 0.253 e. The molecule has 0 radical (unpaired) electrons. The topological polar surface area (TPSA) is 69.6 Å².